The van der Waals surface area contributed by atoms with Crippen LogP contribution in [0.5, 0.6) is 0 Å². The molecule has 0 radical (unpaired) electrons. The van der Waals surface area contributed by atoms with Crippen LogP contribution in [0.25, 0.3) is 0 Å². The van der Waals surface area contributed by atoms with Crippen molar-refractivity contribution in [1.82, 2.24) is 9.97 Å². The van der Waals surface area contributed by atoms with Gasteiger partial charge in [0.1, 0.15) is 40.5 Å². The number of halogens is 3. The highest BCUT2D eigenvalue weighted by atomic mass is 19.1. The van der Waals surface area contributed by atoms with E-state index in [1.165, 1.54) is 37.3 Å². The molecule has 2 aromatic carbocycles. The molecule has 3 aromatic rings. The van der Waals surface area contributed by atoms with E-state index in [2.05, 4.69) is 20.6 Å². The van der Waals surface area contributed by atoms with Gasteiger partial charge in [-0.05, 0) is 37.3 Å². The fourth-order valence-electron chi connectivity index (χ4n) is 2.25. The number of hydrogen-bond donors (Lipinski definition) is 2. The van der Waals surface area contributed by atoms with Gasteiger partial charge in [0.15, 0.2) is 0 Å². The monoisotopic (exact) mass is 358 g/mol. The van der Waals surface area contributed by atoms with Crippen molar-refractivity contribution in [2.45, 2.75) is 6.92 Å². The van der Waals surface area contributed by atoms with Gasteiger partial charge in [-0.2, -0.15) is 0 Å². The van der Waals surface area contributed by atoms with Crippen LogP contribution in [0, 0.1) is 24.4 Å². The Labute approximate surface area is 146 Å². The molecule has 0 aliphatic carbocycles. The predicted molar refractivity (Wildman–Crippen MR) is 90.8 cm³/mol. The second-order valence-electron chi connectivity index (χ2n) is 5.37. The molecule has 1 amide bonds. The van der Waals surface area contributed by atoms with Crippen molar-refractivity contribution < 1.29 is 18.0 Å². The maximum Gasteiger partial charge on any atom is 0.274 e. The number of anilines is 3. The summed E-state index contributed by atoms with van der Waals surface area (Å²) in [5, 5.41) is 5.00. The van der Waals surface area contributed by atoms with Crippen LogP contribution in [0.4, 0.5) is 30.4 Å². The number of carbonyl (C=O) groups excluding carboxylic acids is 1. The number of hydrogen-bond acceptors (Lipinski definition) is 4. The summed E-state index contributed by atoms with van der Waals surface area (Å²) in [6, 6.07) is 10.0. The molecular weight excluding hydrogens is 345 g/mol. The third kappa shape index (κ3) is 3.97. The SMILES string of the molecule is Cc1nc(Nc2c(F)cccc2F)cc(C(=O)Nc2cccc(F)c2)n1. The second-order valence-corrected chi connectivity index (χ2v) is 5.37. The zero-order valence-electron chi connectivity index (χ0n) is 13.6. The first-order valence-corrected chi connectivity index (χ1v) is 7.56. The van der Waals surface area contributed by atoms with Crippen molar-refractivity contribution >= 4 is 23.1 Å². The number of benzene rings is 2. The third-order valence-electron chi connectivity index (χ3n) is 3.37. The summed E-state index contributed by atoms with van der Waals surface area (Å²) in [4.78, 5) is 20.3. The summed E-state index contributed by atoms with van der Waals surface area (Å²) in [6.07, 6.45) is 0. The Morgan fingerprint density at radius 1 is 0.962 bits per heavy atom. The number of amides is 1. The van der Waals surface area contributed by atoms with Crippen LogP contribution in [0.1, 0.15) is 16.3 Å². The molecule has 3 rings (SSSR count). The average molecular weight is 358 g/mol. The zero-order chi connectivity index (χ0) is 18.7. The van der Waals surface area contributed by atoms with Crippen molar-refractivity contribution in [2.24, 2.45) is 0 Å². The van der Waals surface area contributed by atoms with Crippen molar-refractivity contribution in [3.63, 3.8) is 0 Å². The number of rotatable bonds is 4. The fraction of sp³-hybridized carbons (Fsp3) is 0.0556. The van der Waals surface area contributed by atoms with Gasteiger partial charge in [0, 0.05) is 11.8 Å². The van der Waals surface area contributed by atoms with Gasteiger partial charge in [-0.25, -0.2) is 23.1 Å². The average Bonchev–Trinajstić information content (AvgIpc) is 2.58. The van der Waals surface area contributed by atoms with E-state index in [-0.39, 0.29) is 28.7 Å². The number of aromatic nitrogens is 2. The molecule has 0 fully saturated rings. The van der Waals surface area contributed by atoms with Gasteiger partial charge in [-0.1, -0.05) is 12.1 Å². The number of nitrogens with zero attached hydrogens (tertiary/aromatic N) is 2. The molecule has 132 valence electrons. The maximum absolute atomic E-state index is 13.8. The van der Waals surface area contributed by atoms with E-state index < -0.39 is 23.4 Å². The number of nitrogens with one attached hydrogen (secondary N) is 2. The molecule has 0 aliphatic heterocycles. The van der Waals surface area contributed by atoms with Crippen LogP contribution in [-0.4, -0.2) is 15.9 Å². The fourth-order valence-corrected chi connectivity index (χ4v) is 2.25. The lowest BCUT2D eigenvalue weighted by molar-refractivity contribution is 0.102. The van der Waals surface area contributed by atoms with E-state index in [0.29, 0.717) is 0 Å². The van der Waals surface area contributed by atoms with Crippen molar-refractivity contribution in [1.29, 1.82) is 0 Å². The highest BCUT2D eigenvalue weighted by Crippen LogP contribution is 2.22. The summed E-state index contributed by atoms with van der Waals surface area (Å²) in [5.74, 6) is -2.45. The molecule has 0 spiro atoms. The lowest BCUT2D eigenvalue weighted by atomic mass is 10.2. The van der Waals surface area contributed by atoms with Gasteiger partial charge >= 0.3 is 0 Å². The molecule has 2 N–H and O–H groups in total. The molecule has 0 unspecified atom stereocenters. The number of aryl methyl sites for hydroxylation is 1. The van der Waals surface area contributed by atoms with Gasteiger partial charge in [-0.3, -0.25) is 4.79 Å². The standard InChI is InChI=1S/C18H13F3N4O/c1-10-22-15(18(26)24-12-5-2-4-11(19)8-12)9-16(23-10)25-17-13(20)6-3-7-14(17)21/h2-9H,1H3,(H,24,26)(H,22,23,25). The number of para-hydroxylation sites is 1. The quantitative estimate of drug-likeness (QED) is 0.734. The molecular formula is C18H13F3N4O. The van der Waals surface area contributed by atoms with Crippen LogP contribution in [0.3, 0.4) is 0 Å². The van der Waals surface area contributed by atoms with Crippen LogP contribution >= 0.6 is 0 Å². The second kappa shape index (κ2) is 7.22. The topological polar surface area (TPSA) is 66.9 Å². The lowest BCUT2D eigenvalue weighted by Gasteiger charge is -2.10. The third-order valence-corrected chi connectivity index (χ3v) is 3.37. The molecule has 1 aromatic heterocycles. The Morgan fingerprint density at radius 2 is 1.65 bits per heavy atom. The summed E-state index contributed by atoms with van der Waals surface area (Å²) in [6.45, 7) is 1.53. The molecule has 26 heavy (non-hydrogen) atoms. The van der Waals surface area contributed by atoms with E-state index in [1.807, 2.05) is 0 Å². The van der Waals surface area contributed by atoms with E-state index >= 15 is 0 Å². The van der Waals surface area contributed by atoms with Gasteiger partial charge < -0.3 is 10.6 Å². The minimum atomic E-state index is -0.799. The minimum Gasteiger partial charge on any atom is -0.335 e. The predicted octanol–water partition coefficient (Wildman–Crippen LogP) is 4.20. The molecule has 0 saturated carbocycles. The maximum atomic E-state index is 13.8. The first kappa shape index (κ1) is 17.4. The summed E-state index contributed by atoms with van der Waals surface area (Å²) < 4.78 is 40.7. The number of carbonyl (C=O) groups is 1. The van der Waals surface area contributed by atoms with Crippen LogP contribution in [-0.2, 0) is 0 Å². The molecule has 0 atom stereocenters. The molecule has 0 aliphatic rings. The van der Waals surface area contributed by atoms with Gasteiger partial charge in [0.25, 0.3) is 5.91 Å². The first-order valence-electron chi connectivity index (χ1n) is 7.56. The van der Waals surface area contributed by atoms with E-state index in [9.17, 15) is 18.0 Å². The van der Waals surface area contributed by atoms with E-state index in [0.717, 1.165) is 18.2 Å². The van der Waals surface area contributed by atoms with E-state index in [1.54, 1.807) is 0 Å². The van der Waals surface area contributed by atoms with Crippen molar-refractivity contribution in [2.75, 3.05) is 10.6 Å². The van der Waals surface area contributed by atoms with E-state index in [4.69, 9.17) is 0 Å². The molecule has 0 bridgehead atoms. The largest absolute Gasteiger partial charge is 0.335 e. The molecule has 1 heterocycles. The highest BCUT2D eigenvalue weighted by molar-refractivity contribution is 6.03. The lowest BCUT2D eigenvalue weighted by Crippen LogP contribution is -2.15. The van der Waals surface area contributed by atoms with Gasteiger partial charge in [0.2, 0.25) is 0 Å². The Morgan fingerprint density at radius 3 is 2.35 bits per heavy atom. The van der Waals surface area contributed by atoms with Gasteiger partial charge in [0.05, 0.1) is 0 Å². The summed E-state index contributed by atoms with van der Waals surface area (Å²) in [5.41, 5.74) is -0.177. The van der Waals surface area contributed by atoms with Crippen molar-refractivity contribution in [3.05, 3.63) is 77.5 Å². The Balaban J connectivity index is 1.86. The smallest absolute Gasteiger partial charge is 0.274 e. The highest BCUT2D eigenvalue weighted by Gasteiger charge is 2.14. The zero-order valence-corrected chi connectivity index (χ0v) is 13.6. The Hall–Kier alpha value is -3.42. The minimum absolute atomic E-state index is 0.0407. The molecule has 5 nitrogen and oxygen atoms in total. The first-order chi connectivity index (χ1) is 12.4. The molecule has 0 saturated heterocycles. The van der Waals surface area contributed by atoms with Crippen LogP contribution < -0.4 is 10.6 Å². The van der Waals surface area contributed by atoms with Gasteiger partial charge in [-0.15, -0.1) is 0 Å². The van der Waals surface area contributed by atoms with Crippen LogP contribution in [0.15, 0.2) is 48.5 Å². The van der Waals surface area contributed by atoms with Crippen molar-refractivity contribution in [3.8, 4) is 0 Å². The normalized spacial score (nSPS) is 10.5. The Bertz CT molecular complexity index is 958. The summed E-state index contributed by atoms with van der Waals surface area (Å²) in [7, 11) is 0. The van der Waals surface area contributed by atoms with Crippen LogP contribution in [0.2, 0.25) is 0 Å². The molecule has 8 heteroatoms. The Kier molecular flexibility index (Phi) is 4.83. The summed E-state index contributed by atoms with van der Waals surface area (Å²) >= 11 is 0.